The molecule has 7 nitrogen and oxygen atoms in total. The largest absolute Gasteiger partial charge is 0.348 e. The highest BCUT2D eigenvalue weighted by molar-refractivity contribution is 7.89. The molecule has 1 heterocycles. The number of amides is 2. The van der Waals surface area contributed by atoms with Crippen molar-refractivity contribution in [3.63, 3.8) is 0 Å². The van der Waals surface area contributed by atoms with E-state index in [1.807, 2.05) is 31.2 Å². The van der Waals surface area contributed by atoms with Gasteiger partial charge in [0, 0.05) is 25.7 Å². The van der Waals surface area contributed by atoms with Crippen molar-refractivity contribution in [2.45, 2.75) is 57.0 Å². The van der Waals surface area contributed by atoms with Gasteiger partial charge in [-0.1, -0.05) is 36.2 Å². The maximum Gasteiger partial charge on any atom is 0.309 e. The lowest BCUT2D eigenvalue weighted by molar-refractivity contribution is -0.139. The average molecular weight is 476 g/mol. The van der Waals surface area contributed by atoms with Crippen molar-refractivity contribution in [2.75, 3.05) is 13.1 Å². The minimum Gasteiger partial charge on any atom is -0.348 e. The minimum absolute atomic E-state index is 0.0929. The highest BCUT2D eigenvalue weighted by Crippen LogP contribution is 2.28. The lowest BCUT2D eigenvalue weighted by Crippen LogP contribution is -2.46. The minimum atomic E-state index is -3.79. The number of piperidine rings is 1. The number of halogens is 1. The molecule has 1 atom stereocenters. The molecule has 9 heteroatoms. The number of nitrogens with one attached hydrogen (secondary N) is 2. The van der Waals surface area contributed by atoms with Gasteiger partial charge in [0.1, 0.15) is 5.82 Å². The quantitative estimate of drug-likeness (QED) is 0.602. The van der Waals surface area contributed by atoms with Crippen LogP contribution in [0, 0.1) is 19.7 Å². The Labute approximate surface area is 194 Å². The zero-order valence-corrected chi connectivity index (χ0v) is 19.8. The van der Waals surface area contributed by atoms with E-state index in [1.165, 1.54) is 16.4 Å². The van der Waals surface area contributed by atoms with Gasteiger partial charge in [-0.25, -0.2) is 12.8 Å². The molecule has 2 amide bonds. The predicted molar refractivity (Wildman–Crippen MR) is 123 cm³/mol. The van der Waals surface area contributed by atoms with Crippen LogP contribution >= 0.6 is 0 Å². The second-order valence-corrected chi connectivity index (χ2v) is 10.2. The molecule has 178 valence electrons. The highest BCUT2D eigenvalue weighted by atomic mass is 32.2. The normalized spacial score (nSPS) is 16.9. The molecule has 2 aromatic carbocycles. The maximum atomic E-state index is 13.4. The summed E-state index contributed by atoms with van der Waals surface area (Å²) in [5, 5.41) is 5.17. The van der Waals surface area contributed by atoms with Gasteiger partial charge in [-0.05, 0) is 62.4 Å². The van der Waals surface area contributed by atoms with Gasteiger partial charge in [-0.2, -0.15) is 4.31 Å². The first-order chi connectivity index (χ1) is 15.7. The number of aryl methyl sites for hydroxylation is 2. The van der Waals surface area contributed by atoms with Crippen molar-refractivity contribution in [3.8, 4) is 0 Å². The Morgan fingerprint density at radius 3 is 2.42 bits per heavy atom. The molecule has 1 saturated heterocycles. The Morgan fingerprint density at radius 2 is 1.73 bits per heavy atom. The molecular weight excluding hydrogens is 445 g/mol. The molecule has 0 saturated carbocycles. The molecule has 33 heavy (non-hydrogen) atoms. The average Bonchev–Trinajstić information content (AvgIpc) is 2.78. The second-order valence-electron chi connectivity index (χ2n) is 8.39. The van der Waals surface area contributed by atoms with Gasteiger partial charge in [0.15, 0.2) is 0 Å². The van der Waals surface area contributed by atoms with Crippen molar-refractivity contribution in [1.82, 2.24) is 14.9 Å². The summed E-state index contributed by atoms with van der Waals surface area (Å²) in [4.78, 5) is 24.3. The van der Waals surface area contributed by atoms with E-state index in [2.05, 4.69) is 10.6 Å². The molecule has 2 N–H and O–H groups in total. The third-order valence-corrected chi connectivity index (χ3v) is 7.95. The summed E-state index contributed by atoms with van der Waals surface area (Å²) in [5.74, 6) is -1.96. The standard InChI is InChI=1S/C24H30FN3O4S/c1-17-6-8-19(9-7-17)16-27-24(30)23(29)26-13-12-21-5-3-4-14-28(21)33(31,32)22-11-10-20(25)15-18(22)2/h6-11,15,21H,3-5,12-14,16H2,1-2H3,(H,26,29)(H,27,30)/t21-/m1/s1. The summed E-state index contributed by atoms with van der Waals surface area (Å²) in [6.07, 6.45) is 2.67. The third-order valence-electron chi connectivity index (χ3n) is 5.84. The van der Waals surface area contributed by atoms with Crippen LogP contribution in [0.25, 0.3) is 0 Å². The van der Waals surface area contributed by atoms with Crippen LogP contribution in [-0.4, -0.2) is 43.7 Å². The van der Waals surface area contributed by atoms with Crippen molar-refractivity contribution < 1.29 is 22.4 Å². The molecule has 3 rings (SSSR count). The van der Waals surface area contributed by atoms with Gasteiger partial charge in [0.05, 0.1) is 4.90 Å². The molecule has 0 aliphatic carbocycles. The second kappa shape index (κ2) is 10.9. The number of carbonyl (C=O) groups excluding carboxylic acids is 2. The lowest BCUT2D eigenvalue weighted by atomic mass is 10.0. The molecule has 1 aliphatic rings. The fraction of sp³-hybridized carbons (Fsp3) is 0.417. The Morgan fingerprint density at radius 1 is 1.03 bits per heavy atom. The van der Waals surface area contributed by atoms with E-state index in [4.69, 9.17) is 0 Å². The Hall–Kier alpha value is -2.78. The number of hydrogen-bond acceptors (Lipinski definition) is 4. The van der Waals surface area contributed by atoms with Gasteiger partial charge < -0.3 is 10.6 Å². The Kier molecular flexibility index (Phi) is 8.20. The SMILES string of the molecule is Cc1ccc(CNC(=O)C(=O)NCC[C@H]2CCCCN2S(=O)(=O)c2ccc(F)cc2C)cc1. The monoisotopic (exact) mass is 475 g/mol. The molecule has 2 aromatic rings. The van der Waals surface area contributed by atoms with E-state index in [0.717, 1.165) is 30.0 Å². The van der Waals surface area contributed by atoms with Gasteiger partial charge in [-0.15, -0.1) is 0 Å². The molecule has 0 aromatic heterocycles. The number of rotatable bonds is 7. The maximum absolute atomic E-state index is 13.4. The van der Waals surface area contributed by atoms with Gasteiger partial charge >= 0.3 is 11.8 Å². The third kappa shape index (κ3) is 6.39. The van der Waals surface area contributed by atoms with Crippen LogP contribution in [0.1, 0.15) is 42.4 Å². The highest BCUT2D eigenvalue weighted by Gasteiger charge is 2.34. The zero-order chi connectivity index (χ0) is 24.0. The van der Waals surface area contributed by atoms with Crippen molar-refractivity contribution in [1.29, 1.82) is 0 Å². The molecule has 0 bridgehead atoms. The van der Waals surface area contributed by atoms with Crippen LogP contribution < -0.4 is 10.6 Å². The number of carbonyl (C=O) groups is 2. The van der Waals surface area contributed by atoms with Crippen LogP contribution in [0.4, 0.5) is 4.39 Å². The van der Waals surface area contributed by atoms with Crippen molar-refractivity contribution in [3.05, 3.63) is 65.0 Å². The van der Waals surface area contributed by atoms with Gasteiger partial charge in [0.2, 0.25) is 10.0 Å². The van der Waals surface area contributed by atoms with E-state index in [1.54, 1.807) is 6.92 Å². The van der Waals surface area contributed by atoms with E-state index in [-0.39, 0.29) is 24.0 Å². The molecule has 1 fully saturated rings. The number of benzene rings is 2. The van der Waals surface area contributed by atoms with Gasteiger partial charge in [-0.3, -0.25) is 9.59 Å². The van der Waals surface area contributed by atoms with Crippen LogP contribution in [0.3, 0.4) is 0 Å². The summed E-state index contributed by atoms with van der Waals surface area (Å²) in [7, 11) is -3.79. The molecular formula is C24H30FN3O4S. The van der Waals surface area contributed by atoms with E-state index < -0.39 is 27.7 Å². The first-order valence-electron chi connectivity index (χ1n) is 11.1. The van der Waals surface area contributed by atoms with Crippen LogP contribution in [0.5, 0.6) is 0 Å². The molecule has 0 spiro atoms. The first kappa shape index (κ1) is 24.9. The summed E-state index contributed by atoms with van der Waals surface area (Å²) in [5.41, 5.74) is 2.36. The number of nitrogens with zero attached hydrogens (tertiary/aromatic N) is 1. The Bertz CT molecular complexity index is 1100. The Balaban J connectivity index is 1.55. The first-order valence-corrected chi connectivity index (χ1v) is 12.5. The molecule has 0 radical (unpaired) electrons. The van der Waals surface area contributed by atoms with Crippen LogP contribution in [-0.2, 0) is 26.2 Å². The lowest BCUT2D eigenvalue weighted by Gasteiger charge is -2.35. The van der Waals surface area contributed by atoms with Crippen LogP contribution in [0.15, 0.2) is 47.4 Å². The van der Waals surface area contributed by atoms with E-state index in [9.17, 15) is 22.4 Å². The zero-order valence-electron chi connectivity index (χ0n) is 18.9. The molecule has 0 unspecified atom stereocenters. The number of hydrogen-bond donors (Lipinski definition) is 2. The fourth-order valence-corrected chi connectivity index (χ4v) is 5.94. The van der Waals surface area contributed by atoms with Crippen molar-refractivity contribution >= 4 is 21.8 Å². The van der Waals surface area contributed by atoms with E-state index >= 15 is 0 Å². The van der Waals surface area contributed by atoms with Gasteiger partial charge in [0.25, 0.3) is 0 Å². The summed E-state index contributed by atoms with van der Waals surface area (Å²) >= 11 is 0. The smallest absolute Gasteiger partial charge is 0.309 e. The van der Waals surface area contributed by atoms with Crippen molar-refractivity contribution in [2.24, 2.45) is 0 Å². The fourth-order valence-electron chi connectivity index (χ4n) is 4.01. The summed E-state index contributed by atoms with van der Waals surface area (Å²) < 4.78 is 41.3. The number of sulfonamides is 1. The topological polar surface area (TPSA) is 95.6 Å². The van der Waals surface area contributed by atoms with E-state index in [0.29, 0.717) is 24.9 Å². The summed E-state index contributed by atoms with van der Waals surface area (Å²) in [6.45, 7) is 4.34. The predicted octanol–water partition coefficient (Wildman–Crippen LogP) is 2.81. The van der Waals surface area contributed by atoms with Crippen LogP contribution in [0.2, 0.25) is 0 Å². The summed E-state index contributed by atoms with van der Waals surface area (Å²) in [6, 6.07) is 11.0. The molecule has 1 aliphatic heterocycles.